The van der Waals surface area contributed by atoms with E-state index in [2.05, 4.69) is 15.9 Å². The van der Waals surface area contributed by atoms with E-state index in [1.807, 2.05) is 24.3 Å². The van der Waals surface area contributed by atoms with Crippen LogP contribution in [0.2, 0.25) is 10.0 Å². The summed E-state index contributed by atoms with van der Waals surface area (Å²) in [4.78, 5) is 0. The largest absolute Gasteiger partial charge is 0.495 e. The van der Waals surface area contributed by atoms with Gasteiger partial charge in [0.25, 0.3) is 0 Å². The molecule has 0 fully saturated rings. The van der Waals surface area contributed by atoms with Gasteiger partial charge in [0, 0.05) is 10.0 Å². The van der Waals surface area contributed by atoms with Crippen LogP contribution in [0, 0.1) is 0 Å². The quantitative estimate of drug-likeness (QED) is 0.813. The molecular formula is C15H14BrCl2NO2. The summed E-state index contributed by atoms with van der Waals surface area (Å²) < 4.78 is 11.4. The number of methoxy groups -OCH3 is 2. The van der Waals surface area contributed by atoms with Crippen molar-refractivity contribution in [3.63, 3.8) is 0 Å². The van der Waals surface area contributed by atoms with E-state index < -0.39 is 6.04 Å². The second kappa shape index (κ2) is 6.88. The van der Waals surface area contributed by atoms with Crippen LogP contribution in [-0.4, -0.2) is 14.2 Å². The second-order valence-electron chi connectivity index (χ2n) is 4.36. The molecule has 0 amide bonds. The van der Waals surface area contributed by atoms with Gasteiger partial charge in [-0.2, -0.15) is 0 Å². The Labute approximate surface area is 142 Å². The smallest absolute Gasteiger partial charge is 0.146 e. The lowest BCUT2D eigenvalue weighted by Crippen LogP contribution is -2.13. The van der Waals surface area contributed by atoms with Crippen molar-refractivity contribution in [2.75, 3.05) is 14.2 Å². The summed E-state index contributed by atoms with van der Waals surface area (Å²) in [7, 11) is 3.10. The molecule has 2 N–H and O–H groups in total. The third-order valence-electron chi connectivity index (χ3n) is 3.15. The molecule has 0 aromatic heterocycles. The van der Waals surface area contributed by atoms with Gasteiger partial charge in [-0.05, 0) is 45.8 Å². The van der Waals surface area contributed by atoms with Gasteiger partial charge >= 0.3 is 0 Å². The molecule has 0 aliphatic rings. The zero-order valence-electron chi connectivity index (χ0n) is 11.5. The van der Waals surface area contributed by atoms with Crippen LogP contribution in [0.4, 0.5) is 0 Å². The molecule has 0 aliphatic carbocycles. The molecule has 2 aromatic rings. The Hall–Kier alpha value is -0.940. The predicted molar refractivity (Wildman–Crippen MR) is 89.7 cm³/mol. The predicted octanol–water partition coefficient (Wildman–Crippen LogP) is 4.82. The lowest BCUT2D eigenvalue weighted by Gasteiger charge is -2.19. The van der Waals surface area contributed by atoms with Crippen molar-refractivity contribution >= 4 is 39.1 Å². The van der Waals surface area contributed by atoms with Gasteiger partial charge in [-0.1, -0.05) is 29.3 Å². The Kier molecular flexibility index (Phi) is 5.38. The minimum Gasteiger partial charge on any atom is -0.495 e. The Balaban J connectivity index is 2.50. The van der Waals surface area contributed by atoms with Crippen LogP contribution < -0.4 is 15.2 Å². The van der Waals surface area contributed by atoms with E-state index >= 15 is 0 Å². The lowest BCUT2D eigenvalue weighted by molar-refractivity contribution is 0.390. The molecule has 112 valence electrons. The van der Waals surface area contributed by atoms with Gasteiger partial charge in [-0.25, -0.2) is 0 Å². The first kappa shape index (κ1) is 16.4. The monoisotopic (exact) mass is 389 g/mol. The van der Waals surface area contributed by atoms with Crippen LogP contribution >= 0.6 is 39.1 Å². The Bertz CT molecular complexity index is 664. The summed E-state index contributed by atoms with van der Waals surface area (Å²) in [5.41, 5.74) is 7.95. The van der Waals surface area contributed by atoms with Crippen LogP contribution in [0.15, 0.2) is 34.8 Å². The number of rotatable bonds is 4. The summed E-state index contributed by atoms with van der Waals surface area (Å²) in [6, 6.07) is 8.76. The molecule has 0 aliphatic heterocycles. The molecule has 1 atom stereocenters. The van der Waals surface area contributed by atoms with Crippen molar-refractivity contribution in [2.45, 2.75) is 6.04 Å². The van der Waals surface area contributed by atoms with Gasteiger partial charge in [-0.15, -0.1) is 0 Å². The number of hydrogen-bond acceptors (Lipinski definition) is 3. The van der Waals surface area contributed by atoms with E-state index in [9.17, 15) is 0 Å². The molecule has 0 saturated carbocycles. The number of benzene rings is 2. The molecule has 3 nitrogen and oxygen atoms in total. The Morgan fingerprint density at radius 3 is 2.38 bits per heavy atom. The average Bonchev–Trinajstić information content (AvgIpc) is 2.49. The highest BCUT2D eigenvalue weighted by Gasteiger charge is 2.19. The maximum absolute atomic E-state index is 6.32. The second-order valence-corrected chi connectivity index (χ2v) is 5.99. The summed E-state index contributed by atoms with van der Waals surface area (Å²) >= 11 is 15.7. The zero-order valence-corrected chi connectivity index (χ0v) is 14.6. The average molecular weight is 391 g/mol. The van der Waals surface area contributed by atoms with Gasteiger partial charge in [0.05, 0.1) is 25.3 Å². The van der Waals surface area contributed by atoms with E-state index in [4.69, 9.17) is 38.4 Å². The van der Waals surface area contributed by atoms with Crippen molar-refractivity contribution in [3.05, 3.63) is 56.0 Å². The van der Waals surface area contributed by atoms with Gasteiger partial charge in [0.2, 0.25) is 0 Å². The van der Waals surface area contributed by atoms with Crippen molar-refractivity contribution in [2.24, 2.45) is 5.73 Å². The first-order valence-electron chi connectivity index (χ1n) is 6.10. The summed E-state index contributed by atoms with van der Waals surface area (Å²) in [6.07, 6.45) is 0. The van der Waals surface area contributed by atoms with Crippen LogP contribution in [0.3, 0.4) is 0 Å². The van der Waals surface area contributed by atoms with Gasteiger partial charge in [-0.3, -0.25) is 0 Å². The number of halogens is 3. The number of nitrogens with two attached hydrogens (primary N) is 1. The maximum atomic E-state index is 6.32. The van der Waals surface area contributed by atoms with Crippen molar-refractivity contribution in [1.82, 2.24) is 0 Å². The Morgan fingerprint density at radius 1 is 1.10 bits per heavy atom. The molecule has 2 rings (SSSR count). The van der Waals surface area contributed by atoms with Crippen molar-refractivity contribution in [1.29, 1.82) is 0 Å². The highest BCUT2D eigenvalue weighted by atomic mass is 79.9. The fraction of sp³-hybridized carbons (Fsp3) is 0.200. The van der Waals surface area contributed by atoms with Gasteiger partial charge in [0.1, 0.15) is 16.5 Å². The minimum atomic E-state index is -0.408. The third kappa shape index (κ3) is 3.29. The summed E-state index contributed by atoms with van der Waals surface area (Å²) in [6.45, 7) is 0. The van der Waals surface area contributed by atoms with E-state index in [-0.39, 0.29) is 0 Å². The highest BCUT2D eigenvalue weighted by molar-refractivity contribution is 9.10. The van der Waals surface area contributed by atoms with Crippen LogP contribution in [0.25, 0.3) is 0 Å². The molecule has 0 heterocycles. The molecule has 6 heteroatoms. The topological polar surface area (TPSA) is 44.5 Å². The van der Waals surface area contributed by atoms with Gasteiger partial charge < -0.3 is 15.2 Å². The molecule has 0 saturated heterocycles. The van der Waals surface area contributed by atoms with Crippen molar-refractivity contribution in [3.8, 4) is 11.5 Å². The van der Waals surface area contributed by atoms with Crippen LogP contribution in [-0.2, 0) is 0 Å². The van der Waals surface area contributed by atoms with Crippen LogP contribution in [0.1, 0.15) is 17.2 Å². The molecule has 1 unspecified atom stereocenters. The minimum absolute atomic E-state index is 0.399. The van der Waals surface area contributed by atoms with E-state index in [1.165, 1.54) is 0 Å². The molecule has 0 radical (unpaired) electrons. The van der Waals surface area contributed by atoms with Crippen LogP contribution in [0.5, 0.6) is 11.5 Å². The lowest BCUT2D eigenvalue weighted by atomic mass is 9.98. The molecule has 2 aromatic carbocycles. The molecule has 0 bridgehead atoms. The Morgan fingerprint density at radius 2 is 1.81 bits per heavy atom. The van der Waals surface area contributed by atoms with E-state index in [1.54, 1.807) is 20.3 Å². The zero-order chi connectivity index (χ0) is 15.6. The number of ether oxygens (including phenoxy) is 2. The fourth-order valence-electron chi connectivity index (χ4n) is 2.05. The number of hydrogen-bond donors (Lipinski definition) is 1. The highest BCUT2D eigenvalue weighted by Crippen LogP contribution is 2.40. The first-order valence-corrected chi connectivity index (χ1v) is 7.65. The van der Waals surface area contributed by atoms with Crippen molar-refractivity contribution < 1.29 is 9.47 Å². The fourth-order valence-corrected chi connectivity index (χ4v) is 2.81. The summed E-state index contributed by atoms with van der Waals surface area (Å²) in [5, 5.41) is 0.998. The first-order chi connectivity index (χ1) is 9.99. The standard InChI is InChI=1S/C15H14BrCl2NO2/c1-20-12-6-4-9(15(21-2)13(12)18)14(19)8-3-5-10(16)11(17)7-8/h3-7,14H,19H2,1-2H3. The normalized spacial score (nSPS) is 12.1. The van der Waals surface area contributed by atoms with Gasteiger partial charge in [0.15, 0.2) is 0 Å². The molecule has 0 spiro atoms. The summed E-state index contributed by atoms with van der Waals surface area (Å²) in [5.74, 6) is 1.04. The third-order valence-corrected chi connectivity index (χ3v) is 4.74. The van der Waals surface area contributed by atoms with E-state index in [0.29, 0.717) is 21.5 Å². The molecule has 21 heavy (non-hydrogen) atoms. The maximum Gasteiger partial charge on any atom is 0.146 e. The SMILES string of the molecule is COc1ccc(C(N)c2ccc(Br)c(Cl)c2)c(OC)c1Cl. The molecular weight excluding hydrogens is 377 g/mol. The van der Waals surface area contributed by atoms with E-state index in [0.717, 1.165) is 15.6 Å².